The number of carboxylic acids is 2. The monoisotopic (exact) mass is 460 g/mol. The molecule has 1 saturated heterocycles. The summed E-state index contributed by atoms with van der Waals surface area (Å²) < 4.78 is 4.77. The van der Waals surface area contributed by atoms with Crippen LogP contribution in [0.15, 0.2) is 53.8 Å². The number of fused-ring (bicyclic) bond motifs is 1. The van der Waals surface area contributed by atoms with Crippen molar-refractivity contribution in [2.75, 3.05) is 12.4 Å². The van der Waals surface area contributed by atoms with Crippen LogP contribution in [0.5, 0.6) is 0 Å². The molecule has 1 aromatic rings. The fourth-order valence-corrected chi connectivity index (χ4v) is 4.74. The lowest BCUT2D eigenvalue weighted by Crippen LogP contribution is -2.71. The highest BCUT2D eigenvalue weighted by molar-refractivity contribution is 8.00. The highest BCUT2D eigenvalue weighted by Gasteiger charge is 2.54. The van der Waals surface area contributed by atoms with Gasteiger partial charge in [0.25, 0.3) is 5.91 Å². The zero-order valence-corrected chi connectivity index (χ0v) is 17.7. The first-order valence-corrected chi connectivity index (χ1v) is 10.6. The molecule has 1 fully saturated rings. The Balaban J connectivity index is 1.78. The molecular weight excluding hydrogens is 440 g/mol. The quantitative estimate of drug-likeness (QED) is 0.221. The Hall–Kier alpha value is -3.60. The number of rotatable bonds is 8. The molecule has 2 heterocycles. The molecule has 168 valence electrons. The number of nitrogens with one attached hydrogen (secondary N) is 1. The average molecular weight is 460 g/mol. The van der Waals surface area contributed by atoms with Crippen LogP contribution >= 0.6 is 11.8 Å². The third-order valence-electron chi connectivity index (χ3n) is 4.85. The molecule has 2 unspecified atom stereocenters. The Kier molecular flexibility index (Phi) is 6.98. The van der Waals surface area contributed by atoms with E-state index in [-0.39, 0.29) is 29.2 Å². The molecule has 0 aliphatic carbocycles. The van der Waals surface area contributed by atoms with E-state index in [1.165, 1.54) is 30.0 Å². The Morgan fingerprint density at radius 3 is 2.53 bits per heavy atom. The minimum atomic E-state index is -1.51. The molecule has 0 radical (unpaired) electrons. The molecule has 3 atom stereocenters. The third kappa shape index (κ3) is 4.52. The number of hydrogen-bond acceptors (Lipinski definition) is 7. The number of nitrogens with zero attached hydrogens (tertiary/aromatic N) is 1. The number of carbonyl (C=O) groups excluding carboxylic acids is 3. The van der Waals surface area contributed by atoms with Crippen molar-refractivity contribution >= 4 is 41.5 Å². The Bertz CT molecular complexity index is 1020. The fourth-order valence-electron chi connectivity index (χ4n) is 3.42. The van der Waals surface area contributed by atoms with Gasteiger partial charge >= 0.3 is 17.9 Å². The van der Waals surface area contributed by atoms with Crippen LogP contribution in [0.3, 0.4) is 0 Å². The van der Waals surface area contributed by atoms with E-state index in [1.807, 2.05) is 0 Å². The summed E-state index contributed by atoms with van der Waals surface area (Å²) in [7, 11) is 0. The number of carboxylic acid groups (broad SMARTS) is 2. The molecule has 0 bridgehead atoms. The maximum atomic E-state index is 12.7. The Labute approximate surface area is 186 Å². The third-order valence-corrected chi connectivity index (χ3v) is 6.15. The van der Waals surface area contributed by atoms with Crippen LogP contribution in [-0.2, 0) is 28.7 Å². The zero-order valence-electron chi connectivity index (χ0n) is 16.9. The van der Waals surface area contributed by atoms with Crippen molar-refractivity contribution in [2.45, 2.75) is 24.3 Å². The number of esters is 1. The topological polar surface area (TPSA) is 150 Å². The predicted octanol–water partition coefficient (Wildman–Crippen LogP) is 0.713. The van der Waals surface area contributed by atoms with Gasteiger partial charge in [0.05, 0.1) is 6.61 Å². The van der Waals surface area contributed by atoms with Gasteiger partial charge < -0.3 is 20.3 Å². The maximum absolute atomic E-state index is 12.7. The van der Waals surface area contributed by atoms with E-state index < -0.39 is 47.1 Å². The molecule has 32 heavy (non-hydrogen) atoms. The minimum Gasteiger partial charge on any atom is -0.480 e. The maximum Gasteiger partial charge on any atom is 0.352 e. The summed E-state index contributed by atoms with van der Waals surface area (Å²) in [5.41, 5.74) is 0.218. The molecule has 2 aliphatic rings. The van der Waals surface area contributed by atoms with E-state index in [1.54, 1.807) is 25.1 Å². The molecule has 3 rings (SSSR count). The molecule has 1 aromatic carbocycles. The summed E-state index contributed by atoms with van der Waals surface area (Å²) in [4.78, 5) is 61.4. The second kappa shape index (κ2) is 9.69. The first-order valence-electron chi connectivity index (χ1n) is 9.60. The number of benzene rings is 1. The highest BCUT2D eigenvalue weighted by Crippen LogP contribution is 2.40. The summed E-state index contributed by atoms with van der Waals surface area (Å²) in [6.07, 6.45) is 2.38. The number of allylic oxidation sites excluding steroid dienone is 1. The lowest BCUT2D eigenvalue weighted by Gasteiger charge is -2.49. The van der Waals surface area contributed by atoms with Crippen molar-refractivity contribution in [3.8, 4) is 0 Å². The molecule has 0 spiro atoms. The van der Waals surface area contributed by atoms with Crippen LogP contribution in [0.4, 0.5) is 0 Å². The van der Waals surface area contributed by atoms with Gasteiger partial charge in [0.1, 0.15) is 17.1 Å². The lowest BCUT2D eigenvalue weighted by atomic mass is 9.96. The lowest BCUT2D eigenvalue weighted by molar-refractivity contribution is -0.152. The van der Waals surface area contributed by atoms with Gasteiger partial charge in [-0.25, -0.2) is 9.59 Å². The fraction of sp³-hybridized carbons (Fsp3) is 0.286. The summed E-state index contributed by atoms with van der Waals surface area (Å²) in [6.45, 7) is 1.80. The highest BCUT2D eigenvalue weighted by atomic mass is 32.2. The molecule has 3 N–H and O–H groups in total. The zero-order chi connectivity index (χ0) is 23.4. The SMILES string of the molecule is CCOC(=O)C=CC1=C(C(=O)O)N2C(=O)C(NC(=O)C(C(=O)O)c3ccccc3)[C@@H]2SC1. The van der Waals surface area contributed by atoms with E-state index in [9.17, 15) is 34.2 Å². The minimum absolute atomic E-state index is 0.164. The van der Waals surface area contributed by atoms with Crippen molar-refractivity contribution in [3.63, 3.8) is 0 Å². The van der Waals surface area contributed by atoms with Crippen molar-refractivity contribution in [3.05, 3.63) is 59.3 Å². The number of thioether (sulfide) groups is 1. The molecule has 11 heteroatoms. The van der Waals surface area contributed by atoms with Gasteiger partial charge in [-0.05, 0) is 24.1 Å². The van der Waals surface area contributed by atoms with Crippen LogP contribution in [0.1, 0.15) is 18.4 Å². The standard InChI is InChI=1S/C21H20N2O8S/c1-2-31-13(24)9-8-12-10-32-19-15(18(26)23(19)16(12)21(29)30)22-17(25)14(20(27)28)11-6-4-3-5-7-11/h3-9,14-15,19H,2,10H2,1H3,(H,22,25)(H,27,28)(H,29,30)/t14?,15?,19-/m0/s1. The molecule has 2 amide bonds. The second-order valence-electron chi connectivity index (χ2n) is 6.84. The van der Waals surface area contributed by atoms with Gasteiger partial charge in [-0.1, -0.05) is 30.3 Å². The van der Waals surface area contributed by atoms with Crippen LogP contribution in [0, 0.1) is 0 Å². The first-order chi connectivity index (χ1) is 15.3. The molecule has 2 aliphatic heterocycles. The summed E-state index contributed by atoms with van der Waals surface area (Å²) in [5.74, 6) is -6.25. The summed E-state index contributed by atoms with van der Waals surface area (Å²) >= 11 is 1.20. The Morgan fingerprint density at radius 2 is 1.94 bits per heavy atom. The summed E-state index contributed by atoms with van der Waals surface area (Å²) in [6, 6.07) is 6.80. The van der Waals surface area contributed by atoms with Gasteiger partial charge in [0.2, 0.25) is 5.91 Å². The summed E-state index contributed by atoms with van der Waals surface area (Å²) in [5, 5.41) is 20.9. The first kappa shape index (κ1) is 23.1. The molecule has 10 nitrogen and oxygen atoms in total. The second-order valence-corrected chi connectivity index (χ2v) is 7.95. The normalized spacial score (nSPS) is 20.9. The van der Waals surface area contributed by atoms with E-state index in [4.69, 9.17) is 4.74 Å². The Morgan fingerprint density at radius 1 is 1.25 bits per heavy atom. The number of hydrogen-bond donors (Lipinski definition) is 3. The molecule has 0 saturated carbocycles. The van der Waals surface area contributed by atoms with E-state index in [0.717, 1.165) is 11.0 Å². The molecule has 0 aromatic heterocycles. The number of aliphatic carboxylic acids is 2. The van der Waals surface area contributed by atoms with Gasteiger partial charge in [0, 0.05) is 11.8 Å². The van der Waals surface area contributed by atoms with Crippen LogP contribution in [0.25, 0.3) is 0 Å². The van der Waals surface area contributed by atoms with Crippen LogP contribution in [-0.4, -0.2) is 68.6 Å². The number of carbonyl (C=O) groups is 5. The van der Waals surface area contributed by atoms with Crippen molar-refractivity contribution in [1.29, 1.82) is 0 Å². The van der Waals surface area contributed by atoms with E-state index >= 15 is 0 Å². The number of ether oxygens (including phenoxy) is 1. The van der Waals surface area contributed by atoms with Crippen molar-refractivity contribution in [1.82, 2.24) is 10.2 Å². The van der Waals surface area contributed by atoms with Gasteiger partial charge in [0.15, 0.2) is 5.92 Å². The van der Waals surface area contributed by atoms with Crippen LogP contribution < -0.4 is 5.32 Å². The molecular formula is C21H20N2O8S. The number of amides is 2. The van der Waals surface area contributed by atoms with Crippen molar-refractivity contribution in [2.24, 2.45) is 0 Å². The van der Waals surface area contributed by atoms with Crippen molar-refractivity contribution < 1.29 is 38.9 Å². The van der Waals surface area contributed by atoms with Gasteiger partial charge in [-0.3, -0.25) is 19.3 Å². The van der Waals surface area contributed by atoms with Crippen LogP contribution in [0.2, 0.25) is 0 Å². The van der Waals surface area contributed by atoms with E-state index in [2.05, 4.69) is 5.32 Å². The average Bonchev–Trinajstić information content (AvgIpc) is 2.76. The largest absolute Gasteiger partial charge is 0.480 e. The van der Waals surface area contributed by atoms with Gasteiger partial charge in [-0.15, -0.1) is 11.8 Å². The predicted molar refractivity (Wildman–Crippen MR) is 112 cm³/mol. The van der Waals surface area contributed by atoms with E-state index in [0.29, 0.717) is 0 Å². The number of β-lactam (4-membered cyclic amide) rings is 1. The van der Waals surface area contributed by atoms with Gasteiger partial charge in [-0.2, -0.15) is 0 Å². The smallest absolute Gasteiger partial charge is 0.352 e.